The summed E-state index contributed by atoms with van der Waals surface area (Å²) in [4.78, 5) is 39.0. The highest BCUT2D eigenvalue weighted by atomic mass is 79.9. The maximum absolute atomic E-state index is 12.5. The molecule has 0 radical (unpaired) electrons. The second kappa shape index (κ2) is 5.47. The Balaban J connectivity index is 2.20. The fourth-order valence-corrected chi connectivity index (χ4v) is 2.19. The van der Waals surface area contributed by atoms with Gasteiger partial charge in [-0.15, -0.1) is 5.06 Å². The molecule has 0 aromatic heterocycles. The lowest BCUT2D eigenvalue weighted by Gasteiger charge is -2.14. The molecule has 0 spiro atoms. The van der Waals surface area contributed by atoms with Crippen LogP contribution in [0.4, 0.5) is 13.2 Å². The van der Waals surface area contributed by atoms with E-state index in [9.17, 15) is 27.6 Å². The average molecular weight is 366 g/mol. The summed E-state index contributed by atoms with van der Waals surface area (Å²) in [6.07, 6.45) is -4.69. The van der Waals surface area contributed by atoms with E-state index in [1.807, 2.05) is 0 Å². The van der Waals surface area contributed by atoms with Crippen molar-refractivity contribution in [2.45, 2.75) is 19.0 Å². The van der Waals surface area contributed by atoms with Gasteiger partial charge in [0.2, 0.25) is 0 Å². The van der Waals surface area contributed by atoms with Crippen molar-refractivity contribution in [3.8, 4) is 0 Å². The van der Waals surface area contributed by atoms with Crippen LogP contribution in [0.25, 0.3) is 0 Å². The molecule has 1 heterocycles. The summed E-state index contributed by atoms with van der Waals surface area (Å²) in [5, 5.41) is 0.326. The van der Waals surface area contributed by atoms with Crippen molar-refractivity contribution in [1.82, 2.24) is 5.06 Å². The monoisotopic (exact) mass is 365 g/mol. The van der Waals surface area contributed by atoms with Crippen LogP contribution in [-0.4, -0.2) is 22.8 Å². The standard InChI is InChI=1S/C12H7BrF3NO4/c13-8-5-6(12(14,15)16)1-2-7(8)11(20)21-17-9(18)3-4-10(17)19/h1-2,5H,3-4H2. The number of alkyl halides is 3. The molecule has 0 atom stereocenters. The van der Waals surface area contributed by atoms with Crippen LogP contribution in [0.1, 0.15) is 28.8 Å². The van der Waals surface area contributed by atoms with Crippen LogP contribution < -0.4 is 0 Å². The number of benzene rings is 1. The average Bonchev–Trinajstić information content (AvgIpc) is 2.69. The van der Waals surface area contributed by atoms with Crippen molar-refractivity contribution in [1.29, 1.82) is 0 Å². The molecule has 1 aromatic carbocycles. The van der Waals surface area contributed by atoms with Gasteiger partial charge in [-0.05, 0) is 34.1 Å². The van der Waals surface area contributed by atoms with Crippen molar-refractivity contribution in [2.24, 2.45) is 0 Å². The largest absolute Gasteiger partial charge is 0.416 e. The molecule has 0 bridgehead atoms. The third-order valence-corrected chi connectivity index (χ3v) is 3.35. The number of rotatable bonds is 2. The summed E-state index contributed by atoms with van der Waals surface area (Å²) in [7, 11) is 0. The lowest BCUT2D eigenvalue weighted by Crippen LogP contribution is -2.32. The van der Waals surface area contributed by atoms with Gasteiger partial charge in [-0.3, -0.25) is 9.59 Å². The first-order valence-electron chi connectivity index (χ1n) is 5.65. The third kappa shape index (κ3) is 3.23. The highest BCUT2D eigenvalue weighted by molar-refractivity contribution is 9.10. The minimum atomic E-state index is -4.55. The Labute approximate surface area is 124 Å². The van der Waals surface area contributed by atoms with Crippen LogP contribution in [-0.2, 0) is 20.6 Å². The molecule has 1 fully saturated rings. The van der Waals surface area contributed by atoms with Crippen molar-refractivity contribution in [2.75, 3.05) is 0 Å². The van der Waals surface area contributed by atoms with E-state index in [1.54, 1.807) is 0 Å². The highest BCUT2D eigenvalue weighted by Crippen LogP contribution is 2.32. The number of carbonyl (C=O) groups excluding carboxylic acids is 3. The Morgan fingerprint density at radius 2 is 1.76 bits per heavy atom. The van der Waals surface area contributed by atoms with Gasteiger partial charge in [-0.25, -0.2) is 4.79 Å². The number of imide groups is 1. The van der Waals surface area contributed by atoms with E-state index in [2.05, 4.69) is 20.8 Å². The second-order valence-electron chi connectivity index (χ2n) is 4.15. The Morgan fingerprint density at radius 3 is 2.24 bits per heavy atom. The number of halogens is 4. The predicted molar refractivity (Wildman–Crippen MR) is 65.6 cm³/mol. The van der Waals surface area contributed by atoms with E-state index in [1.165, 1.54) is 0 Å². The van der Waals surface area contributed by atoms with Crippen LogP contribution in [0.3, 0.4) is 0 Å². The predicted octanol–water partition coefficient (Wildman–Crippen LogP) is 2.69. The molecular formula is C12H7BrF3NO4. The number of nitrogens with zero attached hydrogens (tertiary/aromatic N) is 1. The maximum Gasteiger partial charge on any atom is 0.416 e. The number of carbonyl (C=O) groups is 3. The minimum absolute atomic E-state index is 0.0692. The van der Waals surface area contributed by atoms with Gasteiger partial charge in [0.15, 0.2) is 0 Å². The molecule has 1 saturated heterocycles. The van der Waals surface area contributed by atoms with Crippen LogP contribution >= 0.6 is 15.9 Å². The first-order valence-corrected chi connectivity index (χ1v) is 6.44. The topological polar surface area (TPSA) is 63.7 Å². The zero-order valence-electron chi connectivity index (χ0n) is 10.2. The molecule has 1 aromatic rings. The molecule has 1 aliphatic heterocycles. The van der Waals surface area contributed by atoms with E-state index in [0.717, 1.165) is 6.07 Å². The summed E-state index contributed by atoms with van der Waals surface area (Å²) < 4.78 is 37.3. The van der Waals surface area contributed by atoms with Gasteiger partial charge in [0, 0.05) is 17.3 Å². The van der Waals surface area contributed by atoms with Gasteiger partial charge in [0.25, 0.3) is 11.8 Å². The van der Waals surface area contributed by atoms with E-state index in [0.29, 0.717) is 17.2 Å². The number of hydroxylamine groups is 2. The van der Waals surface area contributed by atoms with Gasteiger partial charge in [-0.2, -0.15) is 13.2 Å². The Hall–Kier alpha value is -1.90. The van der Waals surface area contributed by atoms with Gasteiger partial charge in [-0.1, -0.05) is 0 Å². The lowest BCUT2D eigenvalue weighted by atomic mass is 10.1. The van der Waals surface area contributed by atoms with Crippen molar-refractivity contribution in [3.05, 3.63) is 33.8 Å². The van der Waals surface area contributed by atoms with Crippen molar-refractivity contribution in [3.63, 3.8) is 0 Å². The lowest BCUT2D eigenvalue weighted by molar-refractivity contribution is -0.172. The third-order valence-electron chi connectivity index (χ3n) is 2.70. The maximum atomic E-state index is 12.5. The first kappa shape index (κ1) is 15.5. The van der Waals surface area contributed by atoms with Gasteiger partial charge in [0.05, 0.1) is 11.1 Å². The Bertz CT molecular complexity index is 613. The molecule has 2 rings (SSSR count). The summed E-state index contributed by atoms with van der Waals surface area (Å²) in [5.41, 5.74) is -1.17. The van der Waals surface area contributed by atoms with E-state index < -0.39 is 29.5 Å². The fraction of sp³-hybridized carbons (Fsp3) is 0.250. The molecule has 21 heavy (non-hydrogen) atoms. The second-order valence-corrected chi connectivity index (χ2v) is 5.01. The molecule has 112 valence electrons. The molecular weight excluding hydrogens is 359 g/mol. The quantitative estimate of drug-likeness (QED) is 0.756. The molecule has 1 aliphatic rings. The molecule has 9 heteroatoms. The number of hydrogen-bond acceptors (Lipinski definition) is 4. The molecule has 0 aliphatic carbocycles. The van der Waals surface area contributed by atoms with Crippen LogP contribution in [0.2, 0.25) is 0 Å². The van der Waals surface area contributed by atoms with Crippen molar-refractivity contribution >= 4 is 33.7 Å². The molecule has 0 N–H and O–H groups in total. The van der Waals surface area contributed by atoms with Crippen molar-refractivity contribution < 1.29 is 32.4 Å². The first-order chi connectivity index (χ1) is 9.70. The number of amides is 2. The van der Waals surface area contributed by atoms with Gasteiger partial charge >= 0.3 is 12.1 Å². The fourth-order valence-electron chi connectivity index (χ4n) is 1.65. The van der Waals surface area contributed by atoms with E-state index >= 15 is 0 Å². The summed E-state index contributed by atoms with van der Waals surface area (Å²) in [6.45, 7) is 0. The molecule has 5 nitrogen and oxygen atoms in total. The van der Waals surface area contributed by atoms with Gasteiger partial charge in [0.1, 0.15) is 0 Å². The SMILES string of the molecule is O=C(ON1C(=O)CCC1=O)c1ccc(C(F)(F)F)cc1Br. The smallest absolute Gasteiger partial charge is 0.325 e. The molecule has 0 unspecified atom stereocenters. The molecule has 2 amide bonds. The number of hydrogen-bond donors (Lipinski definition) is 0. The Morgan fingerprint density at radius 1 is 1.19 bits per heavy atom. The summed E-state index contributed by atoms with van der Waals surface area (Å²) >= 11 is 2.83. The summed E-state index contributed by atoms with van der Waals surface area (Å²) in [5.74, 6) is -2.44. The normalized spacial score (nSPS) is 15.5. The van der Waals surface area contributed by atoms with Gasteiger partial charge < -0.3 is 4.84 Å². The van der Waals surface area contributed by atoms with Crippen LogP contribution in [0.15, 0.2) is 22.7 Å². The zero-order valence-corrected chi connectivity index (χ0v) is 11.8. The van der Waals surface area contributed by atoms with Crippen LogP contribution in [0.5, 0.6) is 0 Å². The highest BCUT2D eigenvalue weighted by Gasteiger charge is 2.34. The summed E-state index contributed by atoms with van der Waals surface area (Å²) in [6, 6.07) is 2.32. The minimum Gasteiger partial charge on any atom is -0.325 e. The van der Waals surface area contributed by atoms with Crippen LogP contribution in [0, 0.1) is 0 Å². The Kier molecular flexibility index (Phi) is 4.04. The zero-order chi connectivity index (χ0) is 15.8. The van der Waals surface area contributed by atoms with E-state index in [-0.39, 0.29) is 22.9 Å². The van der Waals surface area contributed by atoms with E-state index in [4.69, 9.17) is 0 Å². The molecule has 0 saturated carbocycles.